The monoisotopic (exact) mass is 318 g/mol. The van der Waals surface area contributed by atoms with Gasteiger partial charge in [-0.15, -0.1) is 0 Å². The van der Waals surface area contributed by atoms with Crippen molar-refractivity contribution in [3.05, 3.63) is 41.5 Å². The summed E-state index contributed by atoms with van der Waals surface area (Å²) in [6, 6.07) is 5.87. The molecule has 2 rings (SSSR count). The van der Waals surface area contributed by atoms with Gasteiger partial charge < -0.3 is 14.9 Å². The first-order valence-electron chi connectivity index (χ1n) is 8.31. The summed E-state index contributed by atoms with van der Waals surface area (Å²) in [7, 11) is 1.68. The van der Waals surface area contributed by atoms with Crippen LogP contribution in [0.4, 0.5) is 0 Å². The highest BCUT2D eigenvalue weighted by Gasteiger charge is 2.29. The van der Waals surface area contributed by atoms with E-state index in [0.29, 0.717) is 37.0 Å². The molecule has 0 amide bonds. The van der Waals surface area contributed by atoms with Crippen LogP contribution < -0.4 is 0 Å². The number of allylic oxidation sites excluding steroid dienone is 1. The fourth-order valence-corrected chi connectivity index (χ4v) is 3.47. The third kappa shape index (κ3) is 4.83. The zero-order valence-corrected chi connectivity index (χ0v) is 13.7. The van der Waals surface area contributed by atoms with Crippen LogP contribution in [0.15, 0.2) is 30.4 Å². The Balaban J connectivity index is 2.10. The second kappa shape index (κ2) is 8.73. The molecule has 2 atom stereocenters. The minimum absolute atomic E-state index is 0.134. The number of carbonyl (C=O) groups is 1. The first-order chi connectivity index (χ1) is 11.1. The van der Waals surface area contributed by atoms with Crippen LogP contribution in [0.2, 0.25) is 0 Å². The van der Waals surface area contributed by atoms with Crippen LogP contribution in [0.3, 0.4) is 0 Å². The van der Waals surface area contributed by atoms with Crippen molar-refractivity contribution >= 4 is 5.97 Å². The van der Waals surface area contributed by atoms with Crippen LogP contribution in [0.1, 0.15) is 49.1 Å². The molecule has 23 heavy (non-hydrogen) atoms. The summed E-state index contributed by atoms with van der Waals surface area (Å²) >= 11 is 0. The van der Waals surface area contributed by atoms with Gasteiger partial charge in [-0.1, -0.05) is 36.8 Å². The predicted octanol–water partition coefficient (Wildman–Crippen LogP) is 3.89. The molecule has 0 radical (unpaired) electrons. The van der Waals surface area contributed by atoms with Gasteiger partial charge in [-0.25, -0.2) is 0 Å². The number of carboxylic acids is 1. The predicted molar refractivity (Wildman–Crippen MR) is 89.8 cm³/mol. The van der Waals surface area contributed by atoms with E-state index >= 15 is 0 Å². The van der Waals surface area contributed by atoms with Crippen LogP contribution >= 0.6 is 0 Å². The van der Waals surface area contributed by atoms with Gasteiger partial charge in [-0.3, -0.25) is 4.79 Å². The molecule has 126 valence electrons. The van der Waals surface area contributed by atoms with Crippen molar-refractivity contribution in [2.24, 2.45) is 5.92 Å². The Kier molecular flexibility index (Phi) is 6.66. The lowest BCUT2D eigenvalue weighted by Crippen LogP contribution is -2.05. The van der Waals surface area contributed by atoms with Crippen molar-refractivity contribution in [3.8, 4) is 5.75 Å². The number of rotatable bonds is 8. The Hall–Kier alpha value is -1.81. The van der Waals surface area contributed by atoms with Gasteiger partial charge in [0.25, 0.3) is 0 Å². The summed E-state index contributed by atoms with van der Waals surface area (Å²) in [5.74, 6) is 0.336. The Morgan fingerprint density at radius 1 is 1.39 bits per heavy atom. The van der Waals surface area contributed by atoms with Crippen molar-refractivity contribution in [1.29, 1.82) is 0 Å². The summed E-state index contributed by atoms with van der Waals surface area (Å²) in [5, 5.41) is 19.4. The summed E-state index contributed by atoms with van der Waals surface area (Å²) in [5.41, 5.74) is 1.86. The summed E-state index contributed by atoms with van der Waals surface area (Å²) in [4.78, 5) is 10.6. The molecular formula is C19H26O4. The number of phenolic OH excluding ortho intramolecular Hbond substituents is 1. The summed E-state index contributed by atoms with van der Waals surface area (Å²) in [6.07, 6.45) is 8.91. The lowest BCUT2D eigenvalue weighted by atomic mass is 9.86. The maximum Gasteiger partial charge on any atom is 0.303 e. The summed E-state index contributed by atoms with van der Waals surface area (Å²) in [6.45, 7) is 0.616. The van der Waals surface area contributed by atoms with E-state index in [2.05, 4.69) is 12.2 Å². The van der Waals surface area contributed by atoms with Crippen LogP contribution in [0, 0.1) is 5.92 Å². The van der Waals surface area contributed by atoms with Crippen molar-refractivity contribution in [3.63, 3.8) is 0 Å². The number of aryl methyl sites for hydroxylation is 1. The van der Waals surface area contributed by atoms with Crippen LogP contribution in [0.25, 0.3) is 0 Å². The third-order valence-corrected chi connectivity index (χ3v) is 4.60. The average Bonchev–Trinajstić information content (AvgIpc) is 2.97. The number of aromatic hydroxyl groups is 1. The molecule has 0 spiro atoms. The van der Waals surface area contributed by atoms with E-state index in [-0.39, 0.29) is 6.42 Å². The second-order valence-electron chi connectivity index (χ2n) is 6.19. The molecule has 0 bridgehead atoms. The number of para-hydroxylation sites is 1. The SMILES string of the molecule is COC/C=C/[C@H]1CCC[C@@H]1c1cccc(CCCC(=O)O)c1O. The van der Waals surface area contributed by atoms with Gasteiger partial charge in [0.15, 0.2) is 0 Å². The van der Waals surface area contributed by atoms with Gasteiger partial charge in [-0.05, 0) is 48.6 Å². The third-order valence-electron chi connectivity index (χ3n) is 4.60. The summed E-state index contributed by atoms with van der Waals surface area (Å²) < 4.78 is 5.06. The largest absolute Gasteiger partial charge is 0.507 e. The van der Waals surface area contributed by atoms with E-state index in [4.69, 9.17) is 9.84 Å². The lowest BCUT2D eigenvalue weighted by Gasteiger charge is -2.20. The van der Waals surface area contributed by atoms with Gasteiger partial charge in [0, 0.05) is 13.5 Å². The number of methoxy groups -OCH3 is 1. The molecule has 0 aliphatic heterocycles. The van der Waals surface area contributed by atoms with E-state index in [0.717, 1.165) is 30.4 Å². The standard InChI is InChI=1S/C19H26O4/c1-23-13-5-9-14-6-2-10-16(14)17-11-3-7-15(19(17)22)8-4-12-18(20)21/h3,5,7,9,11,14,16,22H,2,4,6,8,10,12-13H2,1H3,(H,20,21)/b9-5+/t14-,16+/m1/s1. The quantitative estimate of drug-likeness (QED) is 0.714. The van der Waals surface area contributed by atoms with Crippen molar-refractivity contribution < 1.29 is 19.7 Å². The van der Waals surface area contributed by atoms with E-state index in [1.165, 1.54) is 0 Å². The minimum Gasteiger partial charge on any atom is -0.507 e. The topological polar surface area (TPSA) is 66.8 Å². The van der Waals surface area contributed by atoms with Gasteiger partial charge >= 0.3 is 5.97 Å². The lowest BCUT2D eigenvalue weighted by molar-refractivity contribution is -0.137. The number of aliphatic carboxylic acids is 1. The van der Waals surface area contributed by atoms with E-state index in [1.807, 2.05) is 18.2 Å². The highest BCUT2D eigenvalue weighted by Crippen LogP contribution is 2.44. The molecular weight excluding hydrogens is 292 g/mol. The molecule has 0 heterocycles. The maximum absolute atomic E-state index is 10.6. The molecule has 1 aliphatic carbocycles. The molecule has 0 saturated heterocycles. The molecule has 1 fully saturated rings. The number of hydrogen-bond acceptors (Lipinski definition) is 3. The van der Waals surface area contributed by atoms with E-state index < -0.39 is 5.97 Å². The minimum atomic E-state index is -0.792. The highest BCUT2D eigenvalue weighted by atomic mass is 16.5. The Labute approximate surface area is 137 Å². The van der Waals surface area contributed by atoms with E-state index in [9.17, 15) is 9.90 Å². The Morgan fingerprint density at radius 2 is 2.22 bits per heavy atom. The zero-order chi connectivity index (χ0) is 16.7. The number of ether oxygens (including phenoxy) is 1. The molecule has 1 aromatic carbocycles. The van der Waals surface area contributed by atoms with Crippen molar-refractivity contribution in [1.82, 2.24) is 0 Å². The number of benzene rings is 1. The molecule has 1 aliphatic rings. The van der Waals surface area contributed by atoms with Gasteiger partial charge in [0.05, 0.1) is 6.61 Å². The normalized spacial score (nSPS) is 21.1. The second-order valence-corrected chi connectivity index (χ2v) is 6.19. The molecule has 0 unspecified atom stereocenters. The van der Waals surface area contributed by atoms with Crippen LogP contribution in [-0.4, -0.2) is 29.9 Å². The molecule has 4 nitrogen and oxygen atoms in total. The van der Waals surface area contributed by atoms with Gasteiger partial charge in [-0.2, -0.15) is 0 Å². The Morgan fingerprint density at radius 3 is 2.96 bits per heavy atom. The first-order valence-corrected chi connectivity index (χ1v) is 8.31. The fourth-order valence-electron chi connectivity index (χ4n) is 3.47. The van der Waals surface area contributed by atoms with E-state index in [1.54, 1.807) is 7.11 Å². The first kappa shape index (κ1) is 17.5. The smallest absolute Gasteiger partial charge is 0.303 e. The molecule has 1 aromatic rings. The van der Waals surface area contributed by atoms with Crippen molar-refractivity contribution in [2.45, 2.75) is 44.4 Å². The number of carboxylic acid groups (broad SMARTS) is 1. The maximum atomic E-state index is 10.6. The number of hydrogen-bond donors (Lipinski definition) is 2. The zero-order valence-electron chi connectivity index (χ0n) is 13.7. The molecule has 2 N–H and O–H groups in total. The van der Waals surface area contributed by atoms with Crippen molar-refractivity contribution in [2.75, 3.05) is 13.7 Å². The molecule has 1 saturated carbocycles. The van der Waals surface area contributed by atoms with Crippen LogP contribution in [0.5, 0.6) is 5.75 Å². The Bertz CT molecular complexity index is 550. The number of phenols is 1. The molecule has 4 heteroatoms. The van der Waals surface area contributed by atoms with Gasteiger partial charge in [0.2, 0.25) is 0 Å². The fraction of sp³-hybridized carbons (Fsp3) is 0.526. The van der Waals surface area contributed by atoms with Crippen LogP contribution in [-0.2, 0) is 16.0 Å². The van der Waals surface area contributed by atoms with Gasteiger partial charge in [0.1, 0.15) is 5.75 Å². The molecule has 0 aromatic heterocycles. The highest BCUT2D eigenvalue weighted by molar-refractivity contribution is 5.66. The average molecular weight is 318 g/mol.